The number of hydrogen-bond donors (Lipinski definition) is 0. The highest BCUT2D eigenvalue weighted by Gasteiger charge is 2.18. The first kappa shape index (κ1) is 15.4. The van der Waals surface area contributed by atoms with Gasteiger partial charge >= 0.3 is 0 Å². The van der Waals surface area contributed by atoms with Gasteiger partial charge in [0.2, 0.25) is 0 Å². The summed E-state index contributed by atoms with van der Waals surface area (Å²) in [5.74, 6) is 0.491. The Balaban J connectivity index is 1.96. The minimum atomic E-state index is 0.362. The van der Waals surface area contributed by atoms with Crippen LogP contribution in [-0.4, -0.2) is 28.5 Å². The molecule has 5 heteroatoms. The van der Waals surface area contributed by atoms with Gasteiger partial charge in [-0.25, -0.2) is 4.98 Å². The summed E-state index contributed by atoms with van der Waals surface area (Å²) >= 11 is 7.54. The second-order valence-electron chi connectivity index (χ2n) is 4.79. The lowest BCUT2D eigenvalue weighted by atomic mass is 10.2. The molecule has 0 saturated heterocycles. The van der Waals surface area contributed by atoms with Crippen LogP contribution in [0.2, 0.25) is 0 Å². The van der Waals surface area contributed by atoms with E-state index in [-0.39, 0.29) is 0 Å². The summed E-state index contributed by atoms with van der Waals surface area (Å²) in [4.78, 5) is 11.3. The predicted octanol–water partition coefficient (Wildman–Crippen LogP) is 3.90. The molecule has 108 valence electrons. The molecule has 2 heterocycles. The molecule has 0 spiro atoms. The summed E-state index contributed by atoms with van der Waals surface area (Å²) in [6, 6.07) is 6.42. The van der Waals surface area contributed by atoms with Crippen LogP contribution in [0.4, 0.5) is 0 Å². The third kappa shape index (κ3) is 4.01. The first-order valence-corrected chi connectivity index (χ1v) is 8.26. The fraction of sp³-hybridized carbons (Fsp3) is 0.467. The maximum atomic E-state index is 5.83. The molecule has 0 saturated carbocycles. The van der Waals surface area contributed by atoms with Crippen molar-refractivity contribution in [2.75, 3.05) is 13.6 Å². The zero-order valence-corrected chi connectivity index (χ0v) is 13.5. The molecular weight excluding hydrogens is 290 g/mol. The van der Waals surface area contributed by atoms with Gasteiger partial charge in [-0.05, 0) is 25.6 Å². The number of aromatic nitrogens is 2. The first-order chi connectivity index (χ1) is 9.74. The molecule has 0 N–H and O–H groups in total. The molecule has 1 unspecified atom stereocenters. The third-order valence-electron chi connectivity index (χ3n) is 3.36. The van der Waals surface area contributed by atoms with Gasteiger partial charge in [-0.15, -0.1) is 22.9 Å². The highest BCUT2D eigenvalue weighted by molar-refractivity contribution is 7.09. The fourth-order valence-corrected chi connectivity index (χ4v) is 3.50. The van der Waals surface area contributed by atoms with Crippen molar-refractivity contribution < 1.29 is 0 Å². The van der Waals surface area contributed by atoms with Gasteiger partial charge in [0, 0.05) is 30.2 Å². The van der Waals surface area contributed by atoms with Crippen LogP contribution in [0.3, 0.4) is 0 Å². The van der Waals surface area contributed by atoms with Crippen LogP contribution < -0.4 is 0 Å². The second-order valence-corrected chi connectivity index (χ2v) is 5.94. The highest BCUT2D eigenvalue weighted by Crippen LogP contribution is 2.26. The van der Waals surface area contributed by atoms with Gasteiger partial charge in [0.05, 0.1) is 17.6 Å². The number of alkyl halides is 1. The van der Waals surface area contributed by atoms with Crippen molar-refractivity contribution in [3.63, 3.8) is 0 Å². The monoisotopic (exact) mass is 309 g/mol. The Labute approximate surface area is 129 Å². The van der Waals surface area contributed by atoms with Gasteiger partial charge in [-0.2, -0.15) is 0 Å². The van der Waals surface area contributed by atoms with Crippen molar-refractivity contribution in [3.8, 4) is 0 Å². The number of hydrogen-bond acceptors (Lipinski definition) is 4. The van der Waals surface area contributed by atoms with Gasteiger partial charge in [-0.3, -0.25) is 9.88 Å². The van der Waals surface area contributed by atoms with Gasteiger partial charge < -0.3 is 0 Å². The molecule has 2 aromatic heterocycles. The van der Waals surface area contributed by atoms with Gasteiger partial charge in [0.1, 0.15) is 5.01 Å². The summed E-state index contributed by atoms with van der Waals surface area (Å²) in [6.07, 6.45) is 3.86. The normalized spacial score (nSPS) is 12.8. The lowest BCUT2D eigenvalue weighted by molar-refractivity contribution is 0.240. The SMILES string of the molecule is CCC(c1nc(CCl)cs1)N(C)CCc1ccccn1. The molecule has 2 aromatic rings. The van der Waals surface area contributed by atoms with E-state index in [9.17, 15) is 0 Å². The van der Waals surface area contributed by atoms with E-state index in [1.807, 2.05) is 18.3 Å². The maximum absolute atomic E-state index is 5.83. The molecule has 1 atom stereocenters. The Morgan fingerprint density at radius 1 is 1.35 bits per heavy atom. The Morgan fingerprint density at radius 2 is 2.20 bits per heavy atom. The summed E-state index contributed by atoms with van der Waals surface area (Å²) in [5.41, 5.74) is 2.11. The minimum Gasteiger partial charge on any atom is -0.297 e. The lowest BCUT2D eigenvalue weighted by Crippen LogP contribution is -2.26. The summed E-state index contributed by atoms with van der Waals surface area (Å²) in [7, 11) is 2.15. The fourth-order valence-electron chi connectivity index (χ4n) is 2.20. The average molecular weight is 310 g/mol. The number of halogens is 1. The maximum Gasteiger partial charge on any atom is 0.110 e. The molecule has 0 fully saturated rings. The van der Waals surface area contributed by atoms with Crippen LogP contribution in [0.15, 0.2) is 29.8 Å². The van der Waals surface area contributed by atoms with E-state index in [0.29, 0.717) is 11.9 Å². The largest absolute Gasteiger partial charge is 0.297 e. The topological polar surface area (TPSA) is 29.0 Å². The number of likely N-dealkylation sites (N-methyl/N-ethyl adjacent to an activating group) is 1. The van der Waals surface area contributed by atoms with Crippen LogP contribution in [0.25, 0.3) is 0 Å². The average Bonchev–Trinajstić information content (AvgIpc) is 2.96. The Bertz CT molecular complexity index is 515. The van der Waals surface area contributed by atoms with Crippen molar-refractivity contribution in [3.05, 3.63) is 46.2 Å². The number of thiazole rings is 1. The molecule has 0 bridgehead atoms. The van der Waals surface area contributed by atoms with Gasteiger partial charge in [-0.1, -0.05) is 13.0 Å². The zero-order chi connectivity index (χ0) is 14.4. The lowest BCUT2D eigenvalue weighted by Gasteiger charge is -2.25. The predicted molar refractivity (Wildman–Crippen MR) is 85.3 cm³/mol. The van der Waals surface area contributed by atoms with Crippen LogP contribution >= 0.6 is 22.9 Å². The molecule has 0 aliphatic carbocycles. The van der Waals surface area contributed by atoms with Crippen molar-refractivity contribution >= 4 is 22.9 Å². The molecule has 2 rings (SSSR count). The van der Waals surface area contributed by atoms with E-state index in [4.69, 9.17) is 11.6 Å². The number of rotatable bonds is 7. The van der Waals surface area contributed by atoms with E-state index < -0.39 is 0 Å². The minimum absolute atomic E-state index is 0.362. The third-order valence-corrected chi connectivity index (χ3v) is 4.63. The van der Waals surface area contributed by atoms with E-state index in [0.717, 1.165) is 35.8 Å². The Hall–Kier alpha value is -0.970. The van der Waals surface area contributed by atoms with Crippen LogP contribution in [0, 0.1) is 0 Å². The van der Waals surface area contributed by atoms with Gasteiger partial charge in [0.15, 0.2) is 0 Å². The molecular formula is C15H20ClN3S. The molecule has 0 radical (unpaired) electrons. The Morgan fingerprint density at radius 3 is 2.80 bits per heavy atom. The van der Waals surface area contributed by atoms with E-state index >= 15 is 0 Å². The van der Waals surface area contributed by atoms with Crippen LogP contribution in [0.1, 0.15) is 35.8 Å². The Kier molecular flexibility index (Phi) is 5.95. The van der Waals surface area contributed by atoms with E-state index in [1.165, 1.54) is 0 Å². The summed E-state index contributed by atoms with van der Waals surface area (Å²) in [5, 5.41) is 3.21. The first-order valence-electron chi connectivity index (χ1n) is 6.85. The number of pyridine rings is 1. The quantitative estimate of drug-likeness (QED) is 0.726. The number of nitrogens with zero attached hydrogens (tertiary/aromatic N) is 3. The highest BCUT2D eigenvalue weighted by atomic mass is 35.5. The molecule has 20 heavy (non-hydrogen) atoms. The molecule has 0 aliphatic rings. The molecule has 3 nitrogen and oxygen atoms in total. The summed E-state index contributed by atoms with van der Waals surface area (Å²) in [6.45, 7) is 3.18. The van der Waals surface area contributed by atoms with Crippen molar-refractivity contribution in [2.24, 2.45) is 0 Å². The standard InChI is InChI=1S/C15H20ClN3S/c1-3-14(15-18-13(10-16)11-20-15)19(2)9-7-12-6-4-5-8-17-12/h4-6,8,11,14H,3,7,9-10H2,1-2H3. The molecule has 0 aliphatic heterocycles. The molecule has 0 amide bonds. The zero-order valence-electron chi connectivity index (χ0n) is 11.9. The van der Waals surface area contributed by atoms with Crippen molar-refractivity contribution in [1.82, 2.24) is 14.9 Å². The van der Waals surface area contributed by atoms with E-state index in [1.54, 1.807) is 11.3 Å². The van der Waals surface area contributed by atoms with Crippen molar-refractivity contribution in [2.45, 2.75) is 31.7 Å². The smallest absolute Gasteiger partial charge is 0.110 e. The van der Waals surface area contributed by atoms with Gasteiger partial charge in [0.25, 0.3) is 0 Å². The van der Waals surface area contributed by atoms with E-state index in [2.05, 4.69) is 40.3 Å². The molecule has 0 aromatic carbocycles. The van der Waals surface area contributed by atoms with Crippen LogP contribution in [-0.2, 0) is 12.3 Å². The van der Waals surface area contributed by atoms with Crippen LogP contribution in [0.5, 0.6) is 0 Å². The second kappa shape index (κ2) is 7.72. The van der Waals surface area contributed by atoms with Crippen molar-refractivity contribution in [1.29, 1.82) is 0 Å². The summed E-state index contributed by atoms with van der Waals surface area (Å²) < 4.78 is 0.